The molecule has 26 heavy (non-hydrogen) atoms. The number of amides is 2. The fourth-order valence-electron chi connectivity index (χ4n) is 3.02. The van der Waals surface area contributed by atoms with Crippen molar-refractivity contribution >= 4 is 12.0 Å². The van der Waals surface area contributed by atoms with Crippen LogP contribution in [0, 0.1) is 5.92 Å². The highest BCUT2D eigenvalue weighted by molar-refractivity contribution is 5.79. The maximum Gasteiger partial charge on any atom is 0.410 e. The average molecular weight is 362 g/mol. The van der Waals surface area contributed by atoms with Gasteiger partial charge in [0.15, 0.2) is 0 Å². The minimum absolute atomic E-state index is 0.0497. The zero-order chi connectivity index (χ0) is 19.2. The number of hydrogen-bond acceptors (Lipinski definition) is 4. The summed E-state index contributed by atoms with van der Waals surface area (Å²) < 4.78 is 10.7. The van der Waals surface area contributed by atoms with Crippen molar-refractivity contribution < 1.29 is 19.1 Å². The lowest BCUT2D eigenvalue weighted by Gasteiger charge is -2.32. The number of carbonyl (C=O) groups excluding carboxylic acids is 2. The standard InChI is InChI=1S/C20H30N2O4/c1-20(2,3)26-19(24)22-13-10-16(11-14-22)18(23)21-12-9-15-7-5-6-8-17(15)25-4/h5-8,16H,9-14H2,1-4H3,(H,21,23). The van der Waals surface area contributed by atoms with Crippen LogP contribution in [0.2, 0.25) is 0 Å². The number of likely N-dealkylation sites (tertiary alicyclic amines) is 1. The molecule has 2 rings (SSSR count). The second-order valence-corrected chi connectivity index (χ2v) is 7.59. The third-order valence-corrected chi connectivity index (χ3v) is 4.40. The summed E-state index contributed by atoms with van der Waals surface area (Å²) in [5.74, 6) is 0.850. The van der Waals surface area contributed by atoms with Gasteiger partial charge in [0.25, 0.3) is 0 Å². The number of methoxy groups -OCH3 is 1. The van der Waals surface area contributed by atoms with Crippen LogP contribution < -0.4 is 10.1 Å². The Bertz CT molecular complexity index is 616. The van der Waals surface area contributed by atoms with Gasteiger partial charge in [0, 0.05) is 25.6 Å². The minimum atomic E-state index is -0.496. The SMILES string of the molecule is COc1ccccc1CCNC(=O)C1CCN(C(=O)OC(C)(C)C)CC1. The molecule has 1 saturated heterocycles. The second kappa shape index (κ2) is 8.92. The van der Waals surface area contributed by atoms with E-state index in [1.165, 1.54) is 0 Å². The lowest BCUT2D eigenvalue weighted by atomic mass is 9.96. The number of nitrogens with one attached hydrogen (secondary N) is 1. The van der Waals surface area contributed by atoms with E-state index in [0.717, 1.165) is 17.7 Å². The van der Waals surface area contributed by atoms with E-state index in [2.05, 4.69) is 5.32 Å². The molecule has 1 heterocycles. The van der Waals surface area contributed by atoms with Crippen molar-refractivity contribution in [3.8, 4) is 5.75 Å². The zero-order valence-corrected chi connectivity index (χ0v) is 16.2. The first-order valence-electron chi connectivity index (χ1n) is 9.17. The molecule has 1 N–H and O–H groups in total. The predicted octanol–water partition coefficient (Wildman–Crippen LogP) is 3.00. The molecular formula is C20H30N2O4. The largest absolute Gasteiger partial charge is 0.496 e. The first-order chi connectivity index (χ1) is 12.3. The summed E-state index contributed by atoms with van der Waals surface area (Å²) in [6, 6.07) is 7.82. The zero-order valence-electron chi connectivity index (χ0n) is 16.2. The topological polar surface area (TPSA) is 67.9 Å². The number of para-hydroxylation sites is 1. The Kier molecular flexibility index (Phi) is 6.89. The molecule has 1 aliphatic rings. The Hall–Kier alpha value is -2.24. The van der Waals surface area contributed by atoms with E-state index in [1.54, 1.807) is 12.0 Å². The third-order valence-electron chi connectivity index (χ3n) is 4.40. The normalized spacial score (nSPS) is 15.5. The Morgan fingerprint density at radius 3 is 2.46 bits per heavy atom. The second-order valence-electron chi connectivity index (χ2n) is 7.59. The van der Waals surface area contributed by atoms with Crippen molar-refractivity contribution in [2.45, 2.75) is 45.6 Å². The van der Waals surface area contributed by atoms with Crippen LogP contribution in [0.25, 0.3) is 0 Å². The van der Waals surface area contributed by atoms with Crippen molar-refractivity contribution in [2.24, 2.45) is 5.92 Å². The van der Waals surface area contributed by atoms with Gasteiger partial charge in [0.2, 0.25) is 5.91 Å². The van der Waals surface area contributed by atoms with Gasteiger partial charge in [-0.15, -0.1) is 0 Å². The van der Waals surface area contributed by atoms with Gasteiger partial charge in [-0.3, -0.25) is 4.79 Å². The molecule has 0 unspecified atom stereocenters. The van der Waals surface area contributed by atoms with Crippen molar-refractivity contribution in [3.63, 3.8) is 0 Å². The first-order valence-corrected chi connectivity index (χ1v) is 9.17. The quantitative estimate of drug-likeness (QED) is 0.874. The molecule has 2 amide bonds. The number of benzene rings is 1. The molecule has 1 aliphatic heterocycles. The molecule has 144 valence electrons. The molecule has 0 atom stereocenters. The molecule has 1 aromatic carbocycles. The van der Waals surface area contributed by atoms with Crippen LogP contribution in [0.3, 0.4) is 0 Å². The third kappa shape index (κ3) is 5.93. The van der Waals surface area contributed by atoms with Gasteiger partial charge >= 0.3 is 6.09 Å². The van der Waals surface area contributed by atoms with E-state index in [-0.39, 0.29) is 17.9 Å². The van der Waals surface area contributed by atoms with E-state index in [4.69, 9.17) is 9.47 Å². The highest BCUT2D eigenvalue weighted by Crippen LogP contribution is 2.20. The molecule has 6 nitrogen and oxygen atoms in total. The van der Waals surface area contributed by atoms with E-state index in [1.807, 2.05) is 45.0 Å². The maximum atomic E-state index is 12.4. The fraction of sp³-hybridized carbons (Fsp3) is 0.600. The van der Waals surface area contributed by atoms with Crippen molar-refractivity contribution in [3.05, 3.63) is 29.8 Å². The van der Waals surface area contributed by atoms with Gasteiger partial charge in [-0.05, 0) is 51.7 Å². The lowest BCUT2D eigenvalue weighted by Crippen LogP contribution is -2.45. The number of piperidine rings is 1. The van der Waals surface area contributed by atoms with E-state index >= 15 is 0 Å². The summed E-state index contributed by atoms with van der Waals surface area (Å²) in [7, 11) is 1.65. The number of hydrogen-bond donors (Lipinski definition) is 1. The molecule has 0 aliphatic carbocycles. The fourth-order valence-corrected chi connectivity index (χ4v) is 3.02. The number of carbonyl (C=O) groups is 2. The van der Waals surface area contributed by atoms with Crippen LogP contribution in [-0.2, 0) is 16.0 Å². The van der Waals surface area contributed by atoms with Crippen LogP contribution >= 0.6 is 0 Å². The Labute approximate surface area is 155 Å². The molecule has 1 fully saturated rings. The highest BCUT2D eigenvalue weighted by Gasteiger charge is 2.29. The summed E-state index contributed by atoms with van der Waals surface area (Å²) >= 11 is 0. The van der Waals surface area contributed by atoms with Gasteiger partial charge in [0.1, 0.15) is 11.4 Å². The van der Waals surface area contributed by atoms with Crippen LogP contribution in [0.15, 0.2) is 24.3 Å². The summed E-state index contributed by atoms with van der Waals surface area (Å²) in [4.78, 5) is 26.1. The van der Waals surface area contributed by atoms with Crippen LogP contribution in [-0.4, -0.2) is 49.2 Å². The molecule has 0 spiro atoms. The van der Waals surface area contributed by atoms with Crippen molar-refractivity contribution in [2.75, 3.05) is 26.7 Å². The van der Waals surface area contributed by atoms with E-state index in [0.29, 0.717) is 32.5 Å². The summed E-state index contributed by atoms with van der Waals surface area (Å²) in [5.41, 5.74) is 0.583. The van der Waals surface area contributed by atoms with Gasteiger partial charge in [-0.1, -0.05) is 18.2 Å². The maximum absolute atomic E-state index is 12.4. The molecule has 6 heteroatoms. The van der Waals surface area contributed by atoms with Crippen LogP contribution in [0.1, 0.15) is 39.2 Å². The molecule has 0 saturated carbocycles. The Morgan fingerprint density at radius 1 is 1.19 bits per heavy atom. The minimum Gasteiger partial charge on any atom is -0.496 e. The molecule has 0 radical (unpaired) electrons. The van der Waals surface area contributed by atoms with Gasteiger partial charge in [0.05, 0.1) is 7.11 Å². The summed E-state index contributed by atoms with van der Waals surface area (Å²) in [5, 5.41) is 3.01. The Morgan fingerprint density at radius 2 is 1.85 bits per heavy atom. The van der Waals surface area contributed by atoms with E-state index < -0.39 is 5.60 Å². The van der Waals surface area contributed by atoms with E-state index in [9.17, 15) is 9.59 Å². The van der Waals surface area contributed by atoms with Crippen LogP contribution in [0.4, 0.5) is 4.79 Å². The summed E-state index contributed by atoms with van der Waals surface area (Å²) in [6.07, 6.45) is 1.76. The monoisotopic (exact) mass is 362 g/mol. The Balaban J connectivity index is 1.74. The number of nitrogens with zero attached hydrogens (tertiary/aromatic N) is 1. The molecule has 1 aromatic rings. The van der Waals surface area contributed by atoms with Gasteiger partial charge < -0.3 is 19.7 Å². The average Bonchev–Trinajstić information content (AvgIpc) is 2.60. The number of rotatable bonds is 5. The highest BCUT2D eigenvalue weighted by atomic mass is 16.6. The first kappa shape index (κ1) is 20.1. The number of ether oxygens (including phenoxy) is 2. The summed E-state index contributed by atoms with van der Waals surface area (Å²) in [6.45, 7) is 7.25. The lowest BCUT2D eigenvalue weighted by molar-refractivity contribution is -0.126. The van der Waals surface area contributed by atoms with Gasteiger partial charge in [-0.25, -0.2) is 4.79 Å². The molecular weight excluding hydrogens is 332 g/mol. The van der Waals surface area contributed by atoms with Crippen molar-refractivity contribution in [1.82, 2.24) is 10.2 Å². The predicted molar refractivity (Wildman–Crippen MR) is 100 cm³/mol. The molecule has 0 aromatic heterocycles. The van der Waals surface area contributed by atoms with Gasteiger partial charge in [-0.2, -0.15) is 0 Å². The van der Waals surface area contributed by atoms with Crippen molar-refractivity contribution in [1.29, 1.82) is 0 Å². The smallest absolute Gasteiger partial charge is 0.410 e. The molecule has 0 bridgehead atoms. The van der Waals surface area contributed by atoms with Crippen LogP contribution in [0.5, 0.6) is 5.75 Å².